The monoisotopic (exact) mass is 422 g/mol. The standard InChI is InChI=1S/C18H16ClFN4O3S/c19-14-3-1-4-15(11-14)28(25,26)24-10-2-7-18(20,12-24)17-22-16(23-27-17)13-5-8-21-9-6-13/h1,3-6,8-9,11H,2,7,10,12H2. The molecule has 1 aromatic carbocycles. The van der Waals surface area contributed by atoms with Crippen molar-refractivity contribution in [2.75, 3.05) is 13.1 Å². The summed E-state index contributed by atoms with van der Waals surface area (Å²) in [5.74, 6) is -0.00504. The smallest absolute Gasteiger partial charge is 0.266 e. The molecule has 0 spiro atoms. The van der Waals surface area contributed by atoms with E-state index in [-0.39, 0.29) is 29.6 Å². The molecule has 0 bridgehead atoms. The van der Waals surface area contributed by atoms with Crippen LogP contribution in [-0.4, -0.2) is 40.9 Å². The van der Waals surface area contributed by atoms with E-state index >= 15 is 4.39 Å². The van der Waals surface area contributed by atoms with Crippen molar-refractivity contribution < 1.29 is 17.3 Å². The fraction of sp³-hybridized carbons (Fsp3) is 0.278. The molecule has 7 nitrogen and oxygen atoms in total. The fourth-order valence-electron chi connectivity index (χ4n) is 3.15. The van der Waals surface area contributed by atoms with Gasteiger partial charge in [0.25, 0.3) is 5.89 Å². The lowest BCUT2D eigenvalue weighted by atomic mass is 9.96. The summed E-state index contributed by atoms with van der Waals surface area (Å²) in [6.07, 6.45) is 3.54. The molecule has 1 fully saturated rings. The maximum Gasteiger partial charge on any atom is 0.266 e. The predicted molar refractivity (Wildman–Crippen MR) is 99.8 cm³/mol. The second kappa shape index (κ2) is 7.23. The molecule has 0 N–H and O–H groups in total. The zero-order chi connectivity index (χ0) is 19.8. The number of piperidine rings is 1. The van der Waals surface area contributed by atoms with Gasteiger partial charge in [0, 0.05) is 29.5 Å². The van der Waals surface area contributed by atoms with E-state index in [0.29, 0.717) is 17.0 Å². The van der Waals surface area contributed by atoms with Crippen molar-refractivity contribution in [1.82, 2.24) is 19.4 Å². The molecule has 1 saturated heterocycles. The molecule has 0 aliphatic carbocycles. The highest BCUT2D eigenvalue weighted by molar-refractivity contribution is 7.89. The normalized spacial score (nSPS) is 20.9. The second-order valence-corrected chi connectivity index (χ2v) is 8.90. The van der Waals surface area contributed by atoms with E-state index in [1.807, 2.05) is 0 Å². The van der Waals surface area contributed by atoms with Crippen molar-refractivity contribution in [1.29, 1.82) is 0 Å². The minimum atomic E-state index is -3.90. The van der Waals surface area contributed by atoms with Crippen LogP contribution in [0.5, 0.6) is 0 Å². The molecule has 28 heavy (non-hydrogen) atoms. The molecule has 0 saturated carbocycles. The van der Waals surface area contributed by atoms with Crippen LogP contribution in [0.1, 0.15) is 18.7 Å². The quantitative estimate of drug-likeness (QED) is 0.639. The van der Waals surface area contributed by atoms with Gasteiger partial charge in [-0.25, -0.2) is 12.8 Å². The van der Waals surface area contributed by atoms with Gasteiger partial charge >= 0.3 is 0 Å². The number of aromatic nitrogens is 3. The average molecular weight is 423 g/mol. The summed E-state index contributed by atoms with van der Waals surface area (Å²) in [5, 5.41) is 4.12. The van der Waals surface area contributed by atoms with E-state index in [1.165, 1.54) is 12.1 Å². The Bertz CT molecular complexity index is 1090. The third-order valence-corrected chi connectivity index (χ3v) is 6.67. The van der Waals surface area contributed by atoms with E-state index in [2.05, 4.69) is 15.1 Å². The van der Waals surface area contributed by atoms with Crippen molar-refractivity contribution in [2.45, 2.75) is 23.4 Å². The highest BCUT2D eigenvalue weighted by Crippen LogP contribution is 2.37. The van der Waals surface area contributed by atoms with Gasteiger partial charge in [0.15, 0.2) is 0 Å². The number of alkyl halides is 1. The number of hydrogen-bond donors (Lipinski definition) is 0. The zero-order valence-electron chi connectivity index (χ0n) is 14.6. The lowest BCUT2D eigenvalue weighted by Crippen LogP contribution is -2.46. The maximum absolute atomic E-state index is 15.7. The van der Waals surface area contributed by atoms with Crippen LogP contribution in [-0.2, 0) is 15.7 Å². The topological polar surface area (TPSA) is 89.2 Å². The van der Waals surface area contributed by atoms with E-state index in [4.69, 9.17) is 16.1 Å². The second-order valence-electron chi connectivity index (χ2n) is 6.52. The minimum Gasteiger partial charge on any atom is -0.335 e. The van der Waals surface area contributed by atoms with Crippen molar-refractivity contribution in [3.8, 4) is 11.4 Å². The third-order valence-electron chi connectivity index (χ3n) is 4.59. The Hall–Kier alpha value is -2.36. The number of pyridine rings is 1. The van der Waals surface area contributed by atoms with Crippen molar-refractivity contribution in [2.24, 2.45) is 0 Å². The summed E-state index contributed by atoms with van der Waals surface area (Å²) in [5.41, 5.74) is -1.44. The molecule has 3 heterocycles. The first kappa shape index (κ1) is 19.0. The Labute approximate surface area is 166 Å². The number of halogens is 2. The molecule has 1 aliphatic rings. The van der Waals surface area contributed by atoms with Crippen LogP contribution in [0.15, 0.2) is 58.2 Å². The van der Waals surface area contributed by atoms with Gasteiger partial charge < -0.3 is 4.52 Å². The van der Waals surface area contributed by atoms with Gasteiger partial charge in [0.2, 0.25) is 21.5 Å². The lowest BCUT2D eigenvalue weighted by Gasteiger charge is -2.34. The average Bonchev–Trinajstić information content (AvgIpc) is 3.20. The number of nitrogens with zero attached hydrogens (tertiary/aromatic N) is 4. The summed E-state index contributed by atoms with van der Waals surface area (Å²) in [6, 6.07) is 9.26. The third kappa shape index (κ3) is 3.52. The van der Waals surface area contributed by atoms with Crippen LogP contribution < -0.4 is 0 Å². The van der Waals surface area contributed by atoms with Crippen molar-refractivity contribution in [3.05, 3.63) is 59.7 Å². The van der Waals surface area contributed by atoms with Crippen LogP contribution in [0.25, 0.3) is 11.4 Å². The van der Waals surface area contributed by atoms with Crippen LogP contribution in [0, 0.1) is 0 Å². The summed E-state index contributed by atoms with van der Waals surface area (Å²) in [4.78, 5) is 8.09. The molecule has 1 aliphatic heterocycles. The Morgan fingerprint density at radius 1 is 1.21 bits per heavy atom. The molecule has 10 heteroatoms. The largest absolute Gasteiger partial charge is 0.335 e. The summed E-state index contributed by atoms with van der Waals surface area (Å²) in [6.45, 7) is -0.203. The summed E-state index contributed by atoms with van der Waals surface area (Å²) >= 11 is 5.91. The van der Waals surface area contributed by atoms with Crippen molar-refractivity contribution >= 4 is 21.6 Å². The van der Waals surface area contributed by atoms with E-state index in [1.54, 1.807) is 36.7 Å². The zero-order valence-corrected chi connectivity index (χ0v) is 16.2. The SMILES string of the molecule is O=S(=O)(c1cccc(Cl)c1)N1CCCC(F)(c2nc(-c3ccncc3)no2)C1. The Morgan fingerprint density at radius 2 is 2.00 bits per heavy atom. The molecule has 1 unspecified atom stereocenters. The maximum atomic E-state index is 15.7. The molecule has 2 aromatic heterocycles. The lowest BCUT2D eigenvalue weighted by molar-refractivity contribution is 0.0470. The van der Waals surface area contributed by atoms with E-state index in [9.17, 15) is 8.42 Å². The minimum absolute atomic E-state index is 0.0206. The van der Waals surface area contributed by atoms with Gasteiger partial charge in [-0.2, -0.15) is 9.29 Å². The Balaban J connectivity index is 1.62. The van der Waals surface area contributed by atoms with Gasteiger partial charge in [0.1, 0.15) is 0 Å². The molecule has 4 rings (SSSR count). The van der Waals surface area contributed by atoms with Crippen LogP contribution in [0.4, 0.5) is 4.39 Å². The first-order valence-corrected chi connectivity index (χ1v) is 10.4. The van der Waals surface area contributed by atoms with E-state index < -0.39 is 22.2 Å². The van der Waals surface area contributed by atoms with Gasteiger partial charge in [-0.3, -0.25) is 4.98 Å². The number of benzene rings is 1. The molecular weight excluding hydrogens is 407 g/mol. The number of rotatable bonds is 4. The highest BCUT2D eigenvalue weighted by Gasteiger charge is 2.46. The molecule has 3 aromatic rings. The highest BCUT2D eigenvalue weighted by atomic mass is 35.5. The molecular formula is C18H16ClFN4O3S. The van der Waals surface area contributed by atoms with E-state index in [0.717, 1.165) is 4.31 Å². The van der Waals surface area contributed by atoms with Gasteiger partial charge in [-0.15, -0.1) is 0 Å². The first-order valence-electron chi connectivity index (χ1n) is 8.58. The summed E-state index contributed by atoms with van der Waals surface area (Å²) in [7, 11) is -3.90. The first-order chi connectivity index (χ1) is 13.4. The Morgan fingerprint density at radius 3 is 2.75 bits per heavy atom. The van der Waals surface area contributed by atoms with Crippen LogP contribution >= 0.6 is 11.6 Å². The van der Waals surface area contributed by atoms with Gasteiger partial charge in [-0.1, -0.05) is 22.8 Å². The van der Waals surface area contributed by atoms with Crippen LogP contribution in [0.2, 0.25) is 5.02 Å². The molecule has 1 atom stereocenters. The van der Waals surface area contributed by atoms with Crippen LogP contribution in [0.3, 0.4) is 0 Å². The van der Waals surface area contributed by atoms with Gasteiger partial charge in [-0.05, 0) is 43.2 Å². The molecule has 146 valence electrons. The fourth-order valence-corrected chi connectivity index (χ4v) is 4.98. The summed E-state index contributed by atoms with van der Waals surface area (Å²) < 4.78 is 47.7. The number of hydrogen-bond acceptors (Lipinski definition) is 6. The van der Waals surface area contributed by atoms with Crippen molar-refractivity contribution in [3.63, 3.8) is 0 Å². The Kier molecular flexibility index (Phi) is 4.90. The molecule has 0 amide bonds. The predicted octanol–water partition coefficient (Wildman–Crippen LogP) is 3.43. The van der Waals surface area contributed by atoms with Gasteiger partial charge in [0.05, 0.1) is 11.4 Å². The number of sulfonamides is 1. The molecule has 0 radical (unpaired) electrons.